The number of Topliss-reactive ketones (excluding diaryl/α,β-unsaturated/α-hetero) is 1. The topological polar surface area (TPSA) is 125 Å². The van der Waals surface area contributed by atoms with Crippen LogP contribution in [0.2, 0.25) is 0 Å². The number of amides is 2. The number of para-hydroxylation sites is 1. The molecule has 3 heterocycles. The fraction of sp³-hybridized carbons (Fsp3) is 0.409. The molecule has 12 nitrogen and oxygen atoms in total. The van der Waals surface area contributed by atoms with Gasteiger partial charge in [-0.05, 0) is 25.0 Å². The molecule has 12 heteroatoms. The maximum atomic E-state index is 13.7. The Kier molecular flexibility index (Phi) is 4.19. The lowest BCUT2D eigenvalue weighted by atomic mass is 9.95. The fourth-order valence-electron chi connectivity index (χ4n) is 6.08. The molecule has 4 bridgehead atoms. The largest absolute Gasteiger partial charge is 0.452 e. The van der Waals surface area contributed by atoms with Crippen LogP contribution < -0.4 is 11.4 Å². The molecule has 1 aromatic heterocycles. The number of nitrogens with zero attached hydrogens (tertiary/aromatic N) is 5. The second kappa shape index (κ2) is 6.95. The highest BCUT2D eigenvalue weighted by Crippen LogP contribution is 2.53. The van der Waals surface area contributed by atoms with Crippen LogP contribution in [0.1, 0.15) is 31.3 Å². The van der Waals surface area contributed by atoms with Gasteiger partial charge >= 0.3 is 23.6 Å². The SMILES string of the molecule is COC(=O)N1[C@@H]2[C@@H]3[C@@H](C4=C(CCC4=O)C[C@H]2n2c(=O)n(-c4ccccc4)c(=O)n23)N1C(=O)OC. The van der Waals surface area contributed by atoms with Crippen LogP contribution in [-0.4, -0.2) is 68.2 Å². The van der Waals surface area contributed by atoms with Gasteiger partial charge in [0.15, 0.2) is 5.78 Å². The summed E-state index contributed by atoms with van der Waals surface area (Å²) >= 11 is 0. The minimum absolute atomic E-state index is 0.142. The molecule has 0 spiro atoms. The minimum Gasteiger partial charge on any atom is -0.452 e. The third-order valence-corrected chi connectivity index (χ3v) is 7.27. The van der Waals surface area contributed by atoms with Crippen LogP contribution in [0.25, 0.3) is 5.69 Å². The van der Waals surface area contributed by atoms with Crippen molar-refractivity contribution in [3.05, 3.63) is 62.4 Å². The highest BCUT2D eigenvalue weighted by Gasteiger charge is 2.66. The predicted molar refractivity (Wildman–Crippen MR) is 114 cm³/mol. The molecule has 6 rings (SSSR count). The van der Waals surface area contributed by atoms with E-state index in [0.717, 1.165) is 20.2 Å². The number of ether oxygens (including phenoxy) is 2. The number of aromatic nitrogens is 3. The Hall–Kier alpha value is -4.09. The molecule has 1 fully saturated rings. The molecule has 2 amide bonds. The van der Waals surface area contributed by atoms with E-state index >= 15 is 0 Å². The van der Waals surface area contributed by atoms with Gasteiger partial charge in [0.25, 0.3) is 0 Å². The van der Waals surface area contributed by atoms with Crippen LogP contribution in [0.3, 0.4) is 0 Å². The number of allylic oxidation sites excluding steroid dienone is 1. The van der Waals surface area contributed by atoms with Crippen LogP contribution in [0.5, 0.6) is 0 Å². The summed E-state index contributed by atoms with van der Waals surface area (Å²) in [7, 11) is 2.35. The van der Waals surface area contributed by atoms with E-state index in [2.05, 4.69) is 0 Å². The Morgan fingerprint density at radius 2 is 1.50 bits per heavy atom. The molecule has 0 unspecified atom stereocenters. The summed E-state index contributed by atoms with van der Waals surface area (Å²) in [6.45, 7) is 0. The van der Waals surface area contributed by atoms with Crippen molar-refractivity contribution < 1.29 is 23.9 Å². The van der Waals surface area contributed by atoms with Crippen LogP contribution in [0, 0.1) is 0 Å². The van der Waals surface area contributed by atoms with Crippen LogP contribution in [0.15, 0.2) is 51.1 Å². The number of hydrogen-bond donors (Lipinski definition) is 0. The molecule has 2 aromatic rings. The van der Waals surface area contributed by atoms with Crippen molar-refractivity contribution >= 4 is 18.0 Å². The predicted octanol–water partition coefficient (Wildman–Crippen LogP) is 0.762. The Morgan fingerprint density at radius 3 is 2.18 bits per heavy atom. The molecule has 1 aromatic carbocycles. The molecule has 1 saturated heterocycles. The second-order valence-electron chi connectivity index (χ2n) is 8.69. The van der Waals surface area contributed by atoms with Crippen molar-refractivity contribution in [2.75, 3.05) is 14.2 Å². The van der Waals surface area contributed by atoms with Gasteiger partial charge < -0.3 is 9.47 Å². The van der Waals surface area contributed by atoms with E-state index in [-0.39, 0.29) is 12.2 Å². The van der Waals surface area contributed by atoms with Gasteiger partial charge in [0.2, 0.25) is 0 Å². The zero-order valence-corrected chi connectivity index (χ0v) is 18.4. The zero-order chi connectivity index (χ0) is 23.9. The van der Waals surface area contributed by atoms with Crippen LogP contribution >= 0.6 is 0 Å². The lowest BCUT2D eigenvalue weighted by Crippen LogP contribution is -2.54. The minimum atomic E-state index is -0.982. The van der Waals surface area contributed by atoms with E-state index in [0.29, 0.717) is 24.1 Å². The van der Waals surface area contributed by atoms with Crippen LogP contribution in [0.4, 0.5) is 9.59 Å². The first-order chi connectivity index (χ1) is 16.4. The van der Waals surface area contributed by atoms with Crippen molar-refractivity contribution in [3.63, 3.8) is 0 Å². The molecule has 0 saturated carbocycles. The summed E-state index contributed by atoms with van der Waals surface area (Å²) in [5.41, 5.74) is 0.500. The standard InChI is InChI=1S/C22H21N5O7/c1-33-21(31)26-16-13-10-11-8-9-14(28)15(11)17(27(26)22(32)34-2)18(16)25-20(30)23(19(29)24(13)25)12-6-4-3-5-7-12/h3-7,13,16-18H,8-10H2,1-2H3/t13-,16+,17-,18-/m1/s1. The summed E-state index contributed by atoms with van der Waals surface area (Å²) in [5, 5.41) is 2.18. The number of hydrogen-bond acceptors (Lipinski definition) is 7. The summed E-state index contributed by atoms with van der Waals surface area (Å²) in [4.78, 5) is 66.0. The smallest absolute Gasteiger partial charge is 0.429 e. The average molecular weight is 467 g/mol. The summed E-state index contributed by atoms with van der Waals surface area (Å²) in [6, 6.07) is 5.22. The number of hydrazine groups is 1. The molecule has 2 aliphatic carbocycles. The Morgan fingerprint density at radius 1 is 0.853 bits per heavy atom. The molecule has 34 heavy (non-hydrogen) atoms. The maximum Gasteiger partial charge on any atom is 0.429 e. The number of carbonyl (C=O) groups is 3. The number of fused-ring (bicyclic) bond motifs is 3. The lowest BCUT2D eigenvalue weighted by molar-refractivity contribution is -0.115. The first kappa shape index (κ1) is 20.5. The van der Waals surface area contributed by atoms with Crippen molar-refractivity contribution in [1.29, 1.82) is 0 Å². The third kappa shape index (κ3) is 2.34. The van der Waals surface area contributed by atoms with Crippen molar-refractivity contribution in [2.45, 2.75) is 43.4 Å². The molecular formula is C22H21N5O7. The Balaban J connectivity index is 1.64. The van der Waals surface area contributed by atoms with E-state index in [1.807, 2.05) is 0 Å². The van der Waals surface area contributed by atoms with Crippen LogP contribution in [-0.2, 0) is 14.3 Å². The lowest BCUT2D eigenvalue weighted by Gasteiger charge is -2.36. The van der Waals surface area contributed by atoms with E-state index in [4.69, 9.17) is 9.47 Å². The van der Waals surface area contributed by atoms with Gasteiger partial charge in [0, 0.05) is 12.0 Å². The molecule has 4 aliphatic rings. The third-order valence-electron chi connectivity index (χ3n) is 7.27. The first-order valence-electron chi connectivity index (χ1n) is 10.9. The van der Waals surface area contributed by atoms with Gasteiger partial charge in [-0.3, -0.25) is 4.79 Å². The molecule has 2 aliphatic heterocycles. The van der Waals surface area contributed by atoms with Crippen molar-refractivity contribution in [1.82, 2.24) is 23.9 Å². The van der Waals surface area contributed by atoms with Gasteiger partial charge in [0.1, 0.15) is 18.1 Å². The van der Waals surface area contributed by atoms with Gasteiger partial charge in [0.05, 0.1) is 25.9 Å². The number of rotatable bonds is 1. The molecule has 4 atom stereocenters. The van der Waals surface area contributed by atoms with E-state index in [1.54, 1.807) is 30.3 Å². The van der Waals surface area contributed by atoms with E-state index < -0.39 is 47.7 Å². The Labute approximate surface area is 192 Å². The number of methoxy groups -OCH3 is 2. The number of carbonyl (C=O) groups excluding carboxylic acids is 3. The molecular weight excluding hydrogens is 446 g/mol. The quantitative estimate of drug-likeness (QED) is 0.606. The summed E-state index contributed by atoms with van der Waals surface area (Å²) in [5.74, 6) is -0.142. The van der Waals surface area contributed by atoms with Crippen molar-refractivity contribution in [3.8, 4) is 5.69 Å². The Bertz CT molecular complexity index is 1400. The second-order valence-corrected chi connectivity index (χ2v) is 8.69. The first-order valence-corrected chi connectivity index (χ1v) is 10.9. The number of ketones is 1. The molecule has 0 N–H and O–H groups in total. The molecule has 0 radical (unpaired) electrons. The fourth-order valence-corrected chi connectivity index (χ4v) is 6.08. The van der Waals surface area contributed by atoms with Crippen molar-refractivity contribution in [2.24, 2.45) is 0 Å². The van der Waals surface area contributed by atoms with Gasteiger partial charge in [-0.15, -0.1) is 0 Å². The highest BCUT2D eigenvalue weighted by molar-refractivity contribution is 6.01. The van der Waals surface area contributed by atoms with E-state index in [1.165, 1.54) is 23.6 Å². The summed E-state index contributed by atoms with van der Waals surface area (Å²) in [6.07, 6.45) is -0.617. The van der Waals surface area contributed by atoms with Gasteiger partial charge in [-0.25, -0.2) is 43.1 Å². The summed E-state index contributed by atoms with van der Waals surface area (Å²) < 4.78 is 13.7. The number of benzene rings is 1. The molecule has 176 valence electrons. The normalized spacial score (nSPS) is 26.5. The zero-order valence-electron chi connectivity index (χ0n) is 18.4. The monoisotopic (exact) mass is 467 g/mol. The highest BCUT2D eigenvalue weighted by atomic mass is 16.6. The van der Waals surface area contributed by atoms with E-state index in [9.17, 15) is 24.0 Å². The van der Waals surface area contributed by atoms with Gasteiger partial charge in [-0.1, -0.05) is 23.8 Å². The average Bonchev–Trinajstić information content (AvgIpc) is 3.49. The maximum absolute atomic E-state index is 13.7. The van der Waals surface area contributed by atoms with Gasteiger partial charge in [-0.2, -0.15) is 0 Å².